The van der Waals surface area contributed by atoms with E-state index in [1.54, 1.807) is 14.2 Å². The van der Waals surface area contributed by atoms with Gasteiger partial charge in [0, 0.05) is 18.2 Å². The fourth-order valence-corrected chi connectivity index (χ4v) is 3.50. The Hall–Kier alpha value is -2.32. The SMILES string of the molecule is COc1ccc(C2(O)CN3CCC2CC3)c(OC)c1.O=C(O)C(=O)O. The highest BCUT2D eigenvalue weighted by molar-refractivity contribution is 6.27. The van der Waals surface area contributed by atoms with Gasteiger partial charge in [-0.2, -0.15) is 0 Å². The van der Waals surface area contributed by atoms with E-state index in [0.29, 0.717) is 12.5 Å². The van der Waals surface area contributed by atoms with Crippen molar-refractivity contribution in [3.05, 3.63) is 23.8 Å². The number of carboxylic acids is 2. The van der Waals surface area contributed by atoms with Crippen molar-refractivity contribution in [2.75, 3.05) is 33.9 Å². The minimum atomic E-state index is -1.82. The first kappa shape index (κ1) is 19.0. The lowest BCUT2D eigenvalue weighted by Gasteiger charge is -2.50. The Morgan fingerprint density at radius 3 is 2.12 bits per heavy atom. The molecule has 8 nitrogen and oxygen atoms in total. The number of aliphatic hydroxyl groups is 1. The summed E-state index contributed by atoms with van der Waals surface area (Å²) in [6.45, 7) is 2.91. The number of hydrogen-bond donors (Lipinski definition) is 3. The van der Waals surface area contributed by atoms with Crippen LogP contribution in [0, 0.1) is 5.92 Å². The quantitative estimate of drug-likeness (QED) is 0.683. The van der Waals surface area contributed by atoms with Crippen molar-refractivity contribution in [1.82, 2.24) is 4.90 Å². The molecular formula is C17H23NO7. The molecule has 0 amide bonds. The van der Waals surface area contributed by atoms with E-state index in [4.69, 9.17) is 29.3 Å². The fourth-order valence-electron chi connectivity index (χ4n) is 3.50. The molecule has 3 fully saturated rings. The van der Waals surface area contributed by atoms with Gasteiger partial charge in [0.2, 0.25) is 0 Å². The molecule has 0 aliphatic carbocycles. The molecule has 0 aromatic heterocycles. The molecule has 8 heteroatoms. The number of ether oxygens (including phenoxy) is 2. The van der Waals surface area contributed by atoms with Gasteiger partial charge in [-0.05, 0) is 44.0 Å². The topological polar surface area (TPSA) is 117 Å². The number of benzene rings is 1. The number of methoxy groups -OCH3 is 2. The summed E-state index contributed by atoms with van der Waals surface area (Å²) in [4.78, 5) is 20.5. The molecule has 4 rings (SSSR count). The Balaban J connectivity index is 0.000000326. The van der Waals surface area contributed by atoms with Gasteiger partial charge in [-0.25, -0.2) is 9.59 Å². The van der Waals surface area contributed by atoms with Gasteiger partial charge in [0.1, 0.15) is 17.1 Å². The van der Waals surface area contributed by atoms with E-state index in [2.05, 4.69) is 4.90 Å². The number of carbonyl (C=O) groups is 2. The van der Waals surface area contributed by atoms with Crippen LogP contribution in [0.4, 0.5) is 0 Å². The maximum atomic E-state index is 11.1. The predicted molar refractivity (Wildman–Crippen MR) is 87.9 cm³/mol. The van der Waals surface area contributed by atoms with Crippen molar-refractivity contribution >= 4 is 11.9 Å². The molecule has 1 aromatic carbocycles. The zero-order chi connectivity index (χ0) is 18.6. The summed E-state index contributed by atoms with van der Waals surface area (Å²) in [5.74, 6) is -1.84. The van der Waals surface area contributed by atoms with Crippen molar-refractivity contribution in [2.45, 2.75) is 18.4 Å². The Morgan fingerprint density at radius 2 is 1.72 bits per heavy atom. The average molecular weight is 353 g/mol. The second-order valence-electron chi connectivity index (χ2n) is 6.15. The third-order valence-corrected chi connectivity index (χ3v) is 4.79. The van der Waals surface area contributed by atoms with Gasteiger partial charge < -0.3 is 29.7 Å². The highest BCUT2D eigenvalue weighted by Crippen LogP contribution is 2.46. The molecule has 2 bridgehead atoms. The minimum absolute atomic E-state index is 0.333. The first-order valence-corrected chi connectivity index (χ1v) is 7.95. The Labute approximate surface area is 145 Å². The van der Waals surface area contributed by atoms with Gasteiger partial charge in [-0.3, -0.25) is 0 Å². The van der Waals surface area contributed by atoms with E-state index in [0.717, 1.165) is 43.0 Å². The van der Waals surface area contributed by atoms with E-state index in [1.807, 2.05) is 18.2 Å². The molecule has 1 atom stereocenters. The molecule has 0 spiro atoms. The van der Waals surface area contributed by atoms with Crippen LogP contribution in [0.1, 0.15) is 18.4 Å². The van der Waals surface area contributed by atoms with Gasteiger partial charge >= 0.3 is 11.9 Å². The number of rotatable bonds is 3. The van der Waals surface area contributed by atoms with Gasteiger partial charge in [-0.1, -0.05) is 0 Å². The summed E-state index contributed by atoms with van der Waals surface area (Å²) in [6, 6.07) is 5.69. The largest absolute Gasteiger partial charge is 0.497 e. The van der Waals surface area contributed by atoms with E-state index in [9.17, 15) is 5.11 Å². The van der Waals surface area contributed by atoms with Crippen LogP contribution in [-0.4, -0.2) is 66.0 Å². The summed E-state index contributed by atoms with van der Waals surface area (Å²) in [5.41, 5.74) is 0.110. The first-order valence-electron chi connectivity index (χ1n) is 7.95. The highest BCUT2D eigenvalue weighted by atomic mass is 16.5. The molecule has 3 aliphatic rings. The van der Waals surface area contributed by atoms with Gasteiger partial charge in [0.25, 0.3) is 0 Å². The van der Waals surface area contributed by atoms with Crippen LogP contribution in [0.15, 0.2) is 18.2 Å². The second-order valence-corrected chi connectivity index (χ2v) is 6.15. The average Bonchev–Trinajstić information content (AvgIpc) is 2.62. The van der Waals surface area contributed by atoms with Crippen LogP contribution in [0.2, 0.25) is 0 Å². The van der Waals surface area contributed by atoms with Crippen LogP contribution >= 0.6 is 0 Å². The van der Waals surface area contributed by atoms with Gasteiger partial charge in [0.15, 0.2) is 0 Å². The van der Waals surface area contributed by atoms with Gasteiger partial charge in [0.05, 0.1) is 14.2 Å². The van der Waals surface area contributed by atoms with E-state index >= 15 is 0 Å². The highest BCUT2D eigenvalue weighted by Gasteiger charge is 2.47. The lowest BCUT2D eigenvalue weighted by atomic mass is 9.71. The zero-order valence-electron chi connectivity index (χ0n) is 14.3. The summed E-state index contributed by atoms with van der Waals surface area (Å²) in [5, 5.41) is 25.9. The normalized spacial score (nSPS) is 27.0. The summed E-state index contributed by atoms with van der Waals surface area (Å²) < 4.78 is 10.7. The van der Waals surface area contributed by atoms with Crippen LogP contribution in [0.25, 0.3) is 0 Å². The number of aliphatic carboxylic acids is 2. The molecule has 138 valence electrons. The van der Waals surface area contributed by atoms with E-state index in [1.165, 1.54) is 0 Å². The number of hydrogen-bond acceptors (Lipinski definition) is 6. The maximum absolute atomic E-state index is 11.1. The maximum Gasteiger partial charge on any atom is 0.414 e. The van der Waals surface area contributed by atoms with Crippen molar-refractivity contribution in [1.29, 1.82) is 0 Å². The molecule has 3 aliphatic heterocycles. The first-order chi connectivity index (χ1) is 11.8. The number of piperidine rings is 3. The third kappa shape index (κ3) is 4.02. The Bertz CT molecular complexity index is 628. The molecule has 0 radical (unpaired) electrons. The summed E-state index contributed by atoms with van der Waals surface area (Å²) in [6.07, 6.45) is 2.12. The summed E-state index contributed by atoms with van der Waals surface area (Å²) in [7, 11) is 3.28. The van der Waals surface area contributed by atoms with Crippen molar-refractivity contribution in [2.24, 2.45) is 5.92 Å². The molecule has 3 N–H and O–H groups in total. The Morgan fingerprint density at radius 1 is 1.12 bits per heavy atom. The van der Waals surface area contributed by atoms with Crippen LogP contribution in [-0.2, 0) is 15.2 Å². The molecular weight excluding hydrogens is 330 g/mol. The molecule has 1 aromatic rings. The molecule has 25 heavy (non-hydrogen) atoms. The fraction of sp³-hybridized carbons (Fsp3) is 0.529. The lowest BCUT2D eigenvalue weighted by Crippen LogP contribution is -2.57. The van der Waals surface area contributed by atoms with Gasteiger partial charge in [-0.15, -0.1) is 0 Å². The summed E-state index contributed by atoms with van der Waals surface area (Å²) >= 11 is 0. The standard InChI is InChI=1S/C15H21NO3.C2H2O4/c1-18-12-3-4-13(14(9-12)19-2)15(17)10-16-7-5-11(15)6-8-16;3-1(4)2(5)6/h3-4,9,11,17H,5-8,10H2,1-2H3;(H,3,4)(H,5,6). The van der Waals surface area contributed by atoms with Crippen LogP contribution in [0.3, 0.4) is 0 Å². The molecule has 0 saturated carbocycles. The van der Waals surface area contributed by atoms with E-state index < -0.39 is 17.5 Å². The third-order valence-electron chi connectivity index (χ3n) is 4.79. The molecule has 3 saturated heterocycles. The smallest absolute Gasteiger partial charge is 0.414 e. The molecule has 1 unspecified atom stereocenters. The molecule has 3 heterocycles. The van der Waals surface area contributed by atoms with Crippen molar-refractivity contribution < 1.29 is 34.4 Å². The Kier molecular flexibility index (Phi) is 5.86. The van der Waals surface area contributed by atoms with Crippen molar-refractivity contribution in [3.8, 4) is 11.5 Å². The lowest BCUT2D eigenvalue weighted by molar-refractivity contribution is -0.159. The monoisotopic (exact) mass is 353 g/mol. The number of nitrogens with zero attached hydrogens (tertiary/aromatic N) is 1. The zero-order valence-corrected chi connectivity index (χ0v) is 14.3. The predicted octanol–water partition coefficient (Wildman–Crippen LogP) is 0.773. The number of fused-ring (bicyclic) bond motifs is 3. The second kappa shape index (κ2) is 7.71. The van der Waals surface area contributed by atoms with Crippen molar-refractivity contribution in [3.63, 3.8) is 0 Å². The van der Waals surface area contributed by atoms with Crippen LogP contribution in [0.5, 0.6) is 11.5 Å². The van der Waals surface area contributed by atoms with Crippen LogP contribution < -0.4 is 9.47 Å². The minimum Gasteiger partial charge on any atom is -0.497 e. The van der Waals surface area contributed by atoms with E-state index in [-0.39, 0.29) is 0 Å². The number of carboxylic acid groups (broad SMARTS) is 2.